The van der Waals surface area contributed by atoms with Crippen LogP contribution in [0.15, 0.2) is 6.20 Å². The monoisotopic (exact) mass is 315 g/mol. The molecule has 1 saturated heterocycles. The van der Waals surface area contributed by atoms with E-state index in [9.17, 15) is 0 Å². The Labute approximate surface area is 140 Å². The van der Waals surface area contributed by atoms with E-state index < -0.39 is 0 Å². The molecule has 5 nitrogen and oxygen atoms in total. The highest BCUT2D eigenvalue weighted by molar-refractivity contribution is 5.38. The zero-order valence-electron chi connectivity index (χ0n) is 14.9. The van der Waals surface area contributed by atoms with Crippen LogP contribution in [0.25, 0.3) is 0 Å². The van der Waals surface area contributed by atoms with Gasteiger partial charge in [-0.3, -0.25) is 0 Å². The molecule has 1 aromatic rings. The van der Waals surface area contributed by atoms with Gasteiger partial charge in [0.2, 0.25) is 5.95 Å². The van der Waals surface area contributed by atoms with Gasteiger partial charge in [0, 0.05) is 12.6 Å². The molecule has 23 heavy (non-hydrogen) atoms. The quantitative estimate of drug-likeness (QED) is 0.808. The average molecular weight is 315 g/mol. The van der Waals surface area contributed by atoms with E-state index in [4.69, 9.17) is 5.26 Å². The highest BCUT2D eigenvalue weighted by atomic mass is 15.3. The highest BCUT2D eigenvalue weighted by Crippen LogP contribution is 2.22. The Hall–Kier alpha value is -1.67. The number of aromatic nitrogens is 2. The van der Waals surface area contributed by atoms with Crippen LogP contribution in [-0.2, 0) is 0 Å². The minimum atomic E-state index is 0.361. The predicted octanol–water partition coefficient (Wildman–Crippen LogP) is 2.99. The summed E-state index contributed by atoms with van der Waals surface area (Å²) < 4.78 is 0. The van der Waals surface area contributed by atoms with Gasteiger partial charge in [-0.05, 0) is 72.5 Å². The minimum Gasteiger partial charge on any atom is -0.338 e. The van der Waals surface area contributed by atoms with E-state index >= 15 is 0 Å². The molecule has 0 saturated carbocycles. The summed E-state index contributed by atoms with van der Waals surface area (Å²) in [7, 11) is 2.21. The zero-order valence-corrected chi connectivity index (χ0v) is 14.9. The van der Waals surface area contributed by atoms with Crippen LogP contribution in [0.2, 0.25) is 0 Å². The molecule has 0 bridgehead atoms. The molecule has 0 radical (unpaired) electrons. The van der Waals surface area contributed by atoms with Crippen molar-refractivity contribution in [1.29, 1.82) is 5.26 Å². The van der Waals surface area contributed by atoms with Crippen LogP contribution in [0, 0.1) is 24.2 Å². The number of hydrogen-bond acceptors (Lipinski definition) is 5. The lowest BCUT2D eigenvalue weighted by atomic mass is 9.92. The zero-order chi connectivity index (χ0) is 16.8. The molecule has 0 unspecified atom stereocenters. The number of piperidine rings is 1. The second-order valence-electron chi connectivity index (χ2n) is 6.96. The molecule has 0 aliphatic carbocycles. The maximum atomic E-state index is 9.01. The summed E-state index contributed by atoms with van der Waals surface area (Å²) in [5.41, 5.74) is 1.32. The Bertz CT molecular complexity index is 541. The lowest BCUT2D eigenvalue weighted by molar-refractivity contribution is 0.210. The number of nitriles is 1. The van der Waals surface area contributed by atoms with Gasteiger partial charge in [-0.1, -0.05) is 0 Å². The number of hydrogen-bond donors (Lipinski definition) is 0. The maximum Gasteiger partial charge on any atom is 0.225 e. The smallest absolute Gasteiger partial charge is 0.225 e. The molecule has 0 N–H and O–H groups in total. The first-order chi connectivity index (χ1) is 11.0. The molecule has 0 spiro atoms. The van der Waals surface area contributed by atoms with Gasteiger partial charge in [-0.2, -0.15) is 5.26 Å². The van der Waals surface area contributed by atoms with Gasteiger partial charge < -0.3 is 9.80 Å². The molecule has 5 heteroatoms. The van der Waals surface area contributed by atoms with Crippen LogP contribution >= 0.6 is 0 Å². The van der Waals surface area contributed by atoms with E-state index in [1.165, 1.54) is 38.8 Å². The van der Waals surface area contributed by atoms with Gasteiger partial charge >= 0.3 is 0 Å². The number of anilines is 1. The summed E-state index contributed by atoms with van der Waals surface area (Å²) in [5.74, 6) is 1.61. The fraction of sp³-hybridized carbons (Fsp3) is 0.722. The van der Waals surface area contributed by atoms with Gasteiger partial charge in [-0.15, -0.1) is 0 Å². The van der Waals surface area contributed by atoms with E-state index in [0.717, 1.165) is 24.1 Å². The third kappa shape index (κ3) is 4.90. The average Bonchev–Trinajstić information content (AvgIpc) is 2.53. The van der Waals surface area contributed by atoms with Gasteiger partial charge in [0.25, 0.3) is 0 Å². The Morgan fingerprint density at radius 1 is 1.39 bits per heavy atom. The topological polar surface area (TPSA) is 56.1 Å². The van der Waals surface area contributed by atoms with E-state index in [2.05, 4.69) is 46.7 Å². The lowest BCUT2D eigenvalue weighted by Gasteiger charge is -2.31. The molecule has 1 fully saturated rings. The molecule has 1 aromatic heterocycles. The number of nitrogens with zero attached hydrogens (tertiary/aromatic N) is 5. The number of aryl methyl sites for hydroxylation is 1. The maximum absolute atomic E-state index is 9.01. The normalized spacial score (nSPS) is 16.5. The SMILES string of the molecule is Cc1nc(N(CCCC2CCN(C)CC2)C(C)C)ncc1C#N. The number of likely N-dealkylation sites (tertiary alicyclic amines) is 1. The fourth-order valence-electron chi connectivity index (χ4n) is 3.19. The second kappa shape index (κ2) is 8.26. The van der Waals surface area contributed by atoms with Crippen molar-refractivity contribution in [2.75, 3.05) is 31.6 Å². The fourth-order valence-corrected chi connectivity index (χ4v) is 3.19. The summed E-state index contributed by atoms with van der Waals surface area (Å²) in [4.78, 5) is 13.6. The van der Waals surface area contributed by atoms with Crippen LogP contribution in [0.4, 0.5) is 5.95 Å². The van der Waals surface area contributed by atoms with E-state index in [0.29, 0.717) is 11.6 Å². The largest absolute Gasteiger partial charge is 0.338 e. The van der Waals surface area contributed by atoms with Crippen LogP contribution in [0.1, 0.15) is 50.8 Å². The molecule has 2 heterocycles. The third-order valence-electron chi connectivity index (χ3n) is 4.82. The molecule has 1 aliphatic rings. The summed E-state index contributed by atoms with van der Waals surface area (Å²) in [6, 6.07) is 2.49. The molecule has 2 rings (SSSR count). The van der Waals surface area contributed by atoms with Gasteiger partial charge in [0.1, 0.15) is 6.07 Å². The predicted molar refractivity (Wildman–Crippen MR) is 93.4 cm³/mol. The van der Waals surface area contributed by atoms with Crippen LogP contribution < -0.4 is 4.90 Å². The van der Waals surface area contributed by atoms with Crippen molar-refractivity contribution in [2.24, 2.45) is 5.92 Å². The first-order valence-corrected chi connectivity index (χ1v) is 8.70. The second-order valence-corrected chi connectivity index (χ2v) is 6.96. The van der Waals surface area contributed by atoms with Crippen molar-refractivity contribution >= 4 is 5.95 Å². The van der Waals surface area contributed by atoms with Crippen molar-refractivity contribution < 1.29 is 0 Å². The molecule has 1 aliphatic heterocycles. The van der Waals surface area contributed by atoms with Crippen molar-refractivity contribution in [3.8, 4) is 6.07 Å². The van der Waals surface area contributed by atoms with Gasteiger partial charge in [0.05, 0.1) is 17.5 Å². The van der Waals surface area contributed by atoms with Crippen molar-refractivity contribution in [3.05, 3.63) is 17.5 Å². The number of rotatable bonds is 6. The van der Waals surface area contributed by atoms with Crippen LogP contribution in [0.3, 0.4) is 0 Å². The van der Waals surface area contributed by atoms with E-state index in [-0.39, 0.29) is 0 Å². The molecule has 0 amide bonds. The summed E-state index contributed by atoms with van der Waals surface area (Å²) in [5, 5.41) is 9.01. The Morgan fingerprint density at radius 3 is 2.65 bits per heavy atom. The summed E-state index contributed by atoms with van der Waals surface area (Å²) in [6.45, 7) is 9.67. The van der Waals surface area contributed by atoms with Crippen LogP contribution in [-0.4, -0.2) is 47.6 Å². The van der Waals surface area contributed by atoms with Crippen molar-refractivity contribution in [2.45, 2.75) is 52.5 Å². The summed E-state index contributed by atoms with van der Waals surface area (Å²) in [6.07, 6.45) is 6.75. The lowest BCUT2D eigenvalue weighted by Crippen LogP contribution is -2.34. The highest BCUT2D eigenvalue weighted by Gasteiger charge is 2.18. The third-order valence-corrected chi connectivity index (χ3v) is 4.82. The Kier molecular flexibility index (Phi) is 6.35. The Morgan fingerprint density at radius 2 is 2.09 bits per heavy atom. The van der Waals surface area contributed by atoms with Crippen molar-refractivity contribution in [3.63, 3.8) is 0 Å². The first kappa shape index (κ1) is 17.7. The summed E-state index contributed by atoms with van der Waals surface area (Å²) >= 11 is 0. The van der Waals surface area contributed by atoms with Gasteiger partial charge in [-0.25, -0.2) is 9.97 Å². The van der Waals surface area contributed by atoms with E-state index in [1.807, 2.05) is 6.92 Å². The minimum absolute atomic E-state index is 0.361. The van der Waals surface area contributed by atoms with Crippen LogP contribution in [0.5, 0.6) is 0 Å². The van der Waals surface area contributed by atoms with E-state index in [1.54, 1.807) is 6.20 Å². The van der Waals surface area contributed by atoms with Gasteiger partial charge in [0.15, 0.2) is 0 Å². The molecule has 0 aromatic carbocycles. The Balaban J connectivity index is 1.91. The van der Waals surface area contributed by atoms with Crippen molar-refractivity contribution in [1.82, 2.24) is 14.9 Å². The molecular weight excluding hydrogens is 286 g/mol. The molecule has 126 valence electrons. The standard InChI is InChI=1S/C18H29N5/c1-14(2)23(18-20-13-17(12-19)15(3)21-18)9-5-6-16-7-10-22(4)11-8-16/h13-14,16H,5-11H2,1-4H3. The molecule has 0 atom stereocenters. The first-order valence-electron chi connectivity index (χ1n) is 8.70. The molecular formula is C18H29N5.